The molecule has 0 radical (unpaired) electrons. The van der Waals surface area contributed by atoms with Crippen LogP contribution in [0.3, 0.4) is 0 Å². The summed E-state index contributed by atoms with van der Waals surface area (Å²) in [6.45, 7) is -0.00589. The van der Waals surface area contributed by atoms with Crippen molar-refractivity contribution in [3.8, 4) is 0 Å². The van der Waals surface area contributed by atoms with E-state index in [2.05, 4.69) is 4.72 Å². The van der Waals surface area contributed by atoms with E-state index in [1.807, 2.05) is 0 Å². The molecule has 1 N–H and O–H groups in total. The van der Waals surface area contributed by atoms with Gasteiger partial charge >= 0.3 is 0 Å². The molecular weight excluding hydrogens is 371 g/mol. The van der Waals surface area contributed by atoms with Crippen LogP contribution in [-0.2, 0) is 10.0 Å². The van der Waals surface area contributed by atoms with Gasteiger partial charge in [-0.25, -0.2) is 26.3 Å². The van der Waals surface area contributed by atoms with Gasteiger partial charge in [0.1, 0.15) is 4.90 Å². The van der Waals surface area contributed by atoms with E-state index in [4.69, 9.17) is 11.6 Å². The highest BCUT2D eigenvalue weighted by Crippen LogP contribution is 2.21. The molecule has 0 amide bonds. The lowest BCUT2D eigenvalue weighted by Gasteiger charge is -2.08. The molecule has 0 fully saturated rings. The number of rotatable bonds is 6. The average molecular weight is 382 g/mol. The lowest BCUT2D eigenvalue weighted by Crippen LogP contribution is -2.27. The Morgan fingerprint density at radius 1 is 1.00 bits per heavy atom. The van der Waals surface area contributed by atoms with Gasteiger partial charge in [0.05, 0.1) is 0 Å². The number of nitrogens with one attached hydrogen (secondary N) is 1. The van der Waals surface area contributed by atoms with Crippen molar-refractivity contribution in [2.24, 2.45) is 0 Å². The first kappa shape index (κ1) is 18.1. The third-order valence-corrected chi connectivity index (χ3v) is 5.51. The fourth-order valence-electron chi connectivity index (χ4n) is 1.67. The SMILES string of the molecule is O=S(=O)(NCCSc1ccc(Cl)cc1)c1ccc(F)c(F)c1F. The molecular formula is C14H11ClF3NO2S2. The zero-order valence-corrected chi connectivity index (χ0v) is 13.9. The fraction of sp³-hybridized carbons (Fsp3) is 0.143. The van der Waals surface area contributed by atoms with E-state index in [-0.39, 0.29) is 6.54 Å². The van der Waals surface area contributed by atoms with Crippen LogP contribution >= 0.6 is 23.4 Å². The normalized spacial score (nSPS) is 11.7. The largest absolute Gasteiger partial charge is 0.243 e. The fourth-order valence-corrected chi connectivity index (χ4v) is 3.79. The lowest BCUT2D eigenvalue weighted by molar-refractivity contribution is 0.431. The number of hydrogen-bond acceptors (Lipinski definition) is 3. The highest BCUT2D eigenvalue weighted by Gasteiger charge is 2.23. The molecule has 0 aromatic heterocycles. The highest BCUT2D eigenvalue weighted by molar-refractivity contribution is 7.99. The van der Waals surface area contributed by atoms with Crippen molar-refractivity contribution in [3.05, 3.63) is 58.9 Å². The van der Waals surface area contributed by atoms with Crippen LogP contribution in [-0.4, -0.2) is 20.7 Å². The second-order valence-electron chi connectivity index (χ2n) is 4.37. The minimum absolute atomic E-state index is 0.00589. The Balaban J connectivity index is 1.97. The molecule has 23 heavy (non-hydrogen) atoms. The van der Waals surface area contributed by atoms with Gasteiger partial charge in [-0.15, -0.1) is 11.8 Å². The molecule has 0 heterocycles. The Morgan fingerprint density at radius 3 is 2.30 bits per heavy atom. The van der Waals surface area contributed by atoms with Crippen LogP contribution in [0.5, 0.6) is 0 Å². The summed E-state index contributed by atoms with van der Waals surface area (Å²) in [5, 5.41) is 0.587. The molecule has 0 aliphatic rings. The monoisotopic (exact) mass is 381 g/mol. The van der Waals surface area contributed by atoms with E-state index in [0.29, 0.717) is 22.9 Å². The number of halogens is 4. The first-order valence-electron chi connectivity index (χ1n) is 6.33. The van der Waals surface area contributed by atoms with E-state index in [1.54, 1.807) is 24.3 Å². The topological polar surface area (TPSA) is 46.2 Å². The number of sulfonamides is 1. The Morgan fingerprint density at radius 2 is 1.65 bits per heavy atom. The Kier molecular flexibility index (Phi) is 5.96. The molecule has 0 spiro atoms. The van der Waals surface area contributed by atoms with Crippen molar-refractivity contribution in [2.75, 3.05) is 12.3 Å². The third kappa shape index (κ3) is 4.63. The summed E-state index contributed by atoms with van der Waals surface area (Å²) in [7, 11) is -4.26. The van der Waals surface area contributed by atoms with Crippen LogP contribution in [0, 0.1) is 17.5 Å². The zero-order valence-electron chi connectivity index (χ0n) is 11.5. The van der Waals surface area contributed by atoms with Crippen molar-refractivity contribution < 1.29 is 21.6 Å². The molecule has 0 bridgehead atoms. The third-order valence-electron chi connectivity index (χ3n) is 2.77. The van der Waals surface area contributed by atoms with Crippen molar-refractivity contribution in [3.63, 3.8) is 0 Å². The van der Waals surface area contributed by atoms with Crippen LogP contribution in [0.1, 0.15) is 0 Å². The molecule has 0 aliphatic heterocycles. The predicted octanol–water partition coefficient (Wildman–Crippen LogP) is 3.83. The van der Waals surface area contributed by atoms with Gasteiger partial charge in [0.25, 0.3) is 0 Å². The van der Waals surface area contributed by atoms with Crippen LogP contribution in [0.15, 0.2) is 46.2 Å². The molecule has 2 rings (SSSR count). The standard InChI is InChI=1S/C14H11ClF3NO2S2/c15-9-1-3-10(4-2-9)22-8-7-19-23(20,21)12-6-5-11(16)13(17)14(12)18/h1-6,19H,7-8H2. The zero-order chi connectivity index (χ0) is 17.0. The summed E-state index contributed by atoms with van der Waals surface area (Å²) < 4.78 is 65.4. The Labute approximate surface area is 140 Å². The van der Waals surface area contributed by atoms with Crippen molar-refractivity contribution >= 4 is 33.4 Å². The smallest absolute Gasteiger partial charge is 0.210 e. The molecule has 0 unspecified atom stereocenters. The van der Waals surface area contributed by atoms with E-state index >= 15 is 0 Å². The molecule has 0 atom stereocenters. The van der Waals surface area contributed by atoms with Gasteiger partial charge in [0, 0.05) is 22.2 Å². The van der Waals surface area contributed by atoms with Crippen LogP contribution < -0.4 is 4.72 Å². The van der Waals surface area contributed by atoms with Gasteiger partial charge < -0.3 is 0 Å². The summed E-state index contributed by atoms with van der Waals surface area (Å²) in [4.78, 5) is -0.0412. The lowest BCUT2D eigenvalue weighted by atomic mass is 10.3. The summed E-state index contributed by atoms with van der Waals surface area (Å²) in [5.74, 6) is -4.63. The van der Waals surface area contributed by atoms with Gasteiger partial charge in [-0.1, -0.05) is 11.6 Å². The summed E-state index contributed by atoms with van der Waals surface area (Å²) in [6.07, 6.45) is 0. The first-order chi connectivity index (χ1) is 10.8. The predicted molar refractivity (Wildman–Crippen MR) is 83.7 cm³/mol. The molecule has 0 saturated carbocycles. The van der Waals surface area contributed by atoms with Crippen molar-refractivity contribution in [2.45, 2.75) is 9.79 Å². The van der Waals surface area contributed by atoms with Crippen LogP contribution in [0.25, 0.3) is 0 Å². The minimum atomic E-state index is -4.26. The van der Waals surface area contributed by atoms with Gasteiger partial charge in [0.2, 0.25) is 10.0 Å². The van der Waals surface area contributed by atoms with E-state index in [0.717, 1.165) is 4.90 Å². The van der Waals surface area contributed by atoms with Gasteiger partial charge in [-0.2, -0.15) is 0 Å². The number of benzene rings is 2. The molecule has 124 valence electrons. The van der Waals surface area contributed by atoms with Crippen molar-refractivity contribution in [1.29, 1.82) is 0 Å². The van der Waals surface area contributed by atoms with E-state index < -0.39 is 32.4 Å². The average Bonchev–Trinajstić information content (AvgIpc) is 2.51. The Bertz CT molecular complexity index is 798. The summed E-state index contributed by atoms with van der Waals surface area (Å²) >= 11 is 7.11. The maximum absolute atomic E-state index is 13.5. The van der Waals surface area contributed by atoms with Gasteiger partial charge in [-0.05, 0) is 36.4 Å². The highest BCUT2D eigenvalue weighted by atomic mass is 35.5. The molecule has 2 aromatic carbocycles. The second-order valence-corrected chi connectivity index (χ2v) is 7.71. The number of thioether (sulfide) groups is 1. The molecule has 0 saturated heterocycles. The molecule has 2 aromatic rings. The van der Waals surface area contributed by atoms with Crippen molar-refractivity contribution in [1.82, 2.24) is 4.72 Å². The quantitative estimate of drug-likeness (QED) is 0.470. The van der Waals surface area contributed by atoms with E-state index in [1.165, 1.54) is 11.8 Å². The van der Waals surface area contributed by atoms with Gasteiger partial charge in [0.15, 0.2) is 17.5 Å². The van der Waals surface area contributed by atoms with Crippen LogP contribution in [0.4, 0.5) is 13.2 Å². The van der Waals surface area contributed by atoms with Crippen LogP contribution in [0.2, 0.25) is 5.02 Å². The number of hydrogen-bond donors (Lipinski definition) is 1. The van der Waals surface area contributed by atoms with Gasteiger partial charge in [-0.3, -0.25) is 0 Å². The summed E-state index contributed by atoms with van der Waals surface area (Å²) in [6, 6.07) is 8.19. The molecule has 0 aliphatic carbocycles. The minimum Gasteiger partial charge on any atom is -0.210 e. The maximum atomic E-state index is 13.5. The summed E-state index contributed by atoms with van der Waals surface area (Å²) in [5.41, 5.74) is 0. The molecule has 9 heteroatoms. The maximum Gasteiger partial charge on any atom is 0.243 e. The second kappa shape index (κ2) is 7.57. The molecule has 3 nitrogen and oxygen atoms in total. The first-order valence-corrected chi connectivity index (χ1v) is 9.17. The van der Waals surface area contributed by atoms with E-state index in [9.17, 15) is 21.6 Å². The Hall–Kier alpha value is -1.22.